The smallest absolute Gasteiger partial charge is 0.137 e. The highest BCUT2D eigenvalue weighted by atomic mass is 19.1. The number of benzene rings is 1. The van der Waals surface area contributed by atoms with E-state index in [2.05, 4.69) is 4.98 Å². The predicted molar refractivity (Wildman–Crippen MR) is 65.3 cm³/mol. The average Bonchev–Trinajstić information content (AvgIpc) is 2.73. The molecule has 0 aliphatic carbocycles. The number of halogens is 1. The van der Waals surface area contributed by atoms with Crippen LogP contribution in [0, 0.1) is 12.7 Å². The van der Waals surface area contributed by atoms with Gasteiger partial charge in [0.2, 0.25) is 0 Å². The monoisotopic (exact) mass is 226 g/mol. The van der Waals surface area contributed by atoms with Gasteiger partial charge in [0.1, 0.15) is 11.5 Å². The van der Waals surface area contributed by atoms with Crippen LogP contribution in [0.5, 0.6) is 0 Å². The van der Waals surface area contributed by atoms with Gasteiger partial charge in [-0.05, 0) is 48.9 Å². The second kappa shape index (κ2) is 3.70. The molecule has 3 heteroatoms. The van der Waals surface area contributed by atoms with E-state index in [1.807, 2.05) is 35.9 Å². The van der Waals surface area contributed by atoms with Crippen molar-refractivity contribution in [3.63, 3.8) is 0 Å². The van der Waals surface area contributed by atoms with E-state index in [9.17, 15) is 4.39 Å². The standard InChI is InChI=1S/C14H11FN2/c1-10-6-7-17-13(9-16-14(17)8-10)11-2-4-12(15)5-3-11/h2-9H,1H3. The number of aryl methyl sites for hydroxylation is 1. The van der Waals surface area contributed by atoms with Gasteiger partial charge in [0.25, 0.3) is 0 Å². The zero-order chi connectivity index (χ0) is 11.8. The lowest BCUT2D eigenvalue weighted by atomic mass is 10.1. The van der Waals surface area contributed by atoms with E-state index in [4.69, 9.17) is 0 Å². The van der Waals surface area contributed by atoms with Crippen LogP contribution in [0.15, 0.2) is 48.8 Å². The highest BCUT2D eigenvalue weighted by Crippen LogP contribution is 2.21. The maximum absolute atomic E-state index is 12.9. The number of hydrogen-bond acceptors (Lipinski definition) is 1. The summed E-state index contributed by atoms with van der Waals surface area (Å²) in [6.07, 6.45) is 3.79. The average molecular weight is 226 g/mol. The van der Waals surface area contributed by atoms with Crippen LogP contribution in [-0.2, 0) is 0 Å². The van der Waals surface area contributed by atoms with Crippen LogP contribution >= 0.6 is 0 Å². The van der Waals surface area contributed by atoms with E-state index in [-0.39, 0.29) is 5.82 Å². The molecule has 2 aromatic heterocycles. The summed E-state index contributed by atoms with van der Waals surface area (Å²) < 4.78 is 14.9. The van der Waals surface area contributed by atoms with Gasteiger partial charge >= 0.3 is 0 Å². The molecule has 0 radical (unpaired) electrons. The van der Waals surface area contributed by atoms with E-state index < -0.39 is 0 Å². The Hall–Kier alpha value is -2.16. The zero-order valence-corrected chi connectivity index (χ0v) is 9.39. The lowest BCUT2D eigenvalue weighted by Crippen LogP contribution is -1.88. The minimum absolute atomic E-state index is 0.224. The first-order chi connectivity index (χ1) is 8.24. The van der Waals surface area contributed by atoms with Gasteiger partial charge in [-0.25, -0.2) is 9.37 Å². The molecule has 0 saturated carbocycles. The van der Waals surface area contributed by atoms with Crippen LogP contribution in [0.3, 0.4) is 0 Å². The lowest BCUT2D eigenvalue weighted by molar-refractivity contribution is 0.628. The number of nitrogens with zero attached hydrogens (tertiary/aromatic N) is 2. The van der Waals surface area contributed by atoms with E-state index in [1.165, 1.54) is 17.7 Å². The Kier molecular flexibility index (Phi) is 2.18. The molecule has 0 amide bonds. The van der Waals surface area contributed by atoms with E-state index in [0.29, 0.717) is 0 Å². The number of aromatic nitrogens is 2. The molecule has 2 heterocycles. The van der Waals surface area contributed by atoms with Gasteiger partial charge in [-0.3, -0.25) is 4.40 Å². The highest BCUT2D eigenvalue weighted by molar-refractivity contribution is 5.63. The lowest BCUT2D eigenvalue weighted by Gasteiger charge is -2.02. The second-order valence-corrected chi connectivity index (χ2v) is 4.08. The molecule has 1 aromatic carbocycles. The molecule has 84 valence electrons. The van der Waals surface area contributed by atoms with Crippen LogP contribution < -0.4 is 0 Å². The van der Waals surface area contributed by atoms with Crippen molar-refractivity contribution in [3.05, 3.63) is 60.2 Å². The summed E-state index contributed by atoms with van der Waals surface area (Å²) in [5.74, 6) is -0.224. The molecule has 2 nitrogen and oxygen atoms in total. The molecular weight excluding hydrogens is 215 g/mol. The molecule has 3 aromatic rings. The van der Waals surface area contributed by atoms with Crippen molar-refractivity contribution in [2.75, 3.05) is 0 Å². The van der Waals surface area contributed by atoms with Crippen molar-refractivity contribution in [3.8, 4) is 11.3 Å². The minimum atomic E-state index is -0.224. The first-order valence-corrected chi connectivity index (χ1v) is 5.44. The molecule has 3 rings (SSSR count). The molecule has 0 fully saturated rings. The largest absolute Gasteiger partial charge is 0.300 e. The number of pyridine rings is 1. The maximum atomic E-state index is 12.9. The van der Waals surface area contributed by atoms with Gasteiger partial charge in [-0.2, -0.15) is 0 Å². The van der Waals surface area contributed by atoms with Crippen molar-refractivity contribution in [1.29, 1.82) is 0 Å². The SMILES string of the molecule is Cc1ccn2c(-c3ccc(F)cc3)cnc2c1. The summed E-state index contributed by atoms with van der Waals surface area (Å²) in [5.41, 5.74) is 4.01. The summed E-state index contributed by atoms with van der Waals surface area (Å²) in [7, 11) is 0. The van der Waals surface area contributed by atoms with E-state index in [1.54, 1.807) is 12.1 Å². The summed E-state index contributed by atoms with van der Waals surface area (Å²) in [6, 6.07) is 10.5. The van der Waals surface area contributed by atoms with Crippen molar-refractivity contribution < 1.29 is 4.39 Å². The van der Waals surface area contributed by atoms with Gasteiger partial charge in [-0.15, -0.1) is 0 Å². The fraction of sp³-hybridized carbons (Fsp3) is 0.0714. The molecule has 0 saturated heterocycles. The summed E-state index contributed by atoms with van der Waals surface area (Å²) in [6.45, 7) is 2.03. The van der Waals surface area contributed by atoms with Gasteiger partial charge < -0.3 is 0 Å². The number of imidazole rings is 1. The van der Waals surface area contributed by atoms with Crippen molar-refractivity contribution in [2.45, 2.75) is 6.92 Å². The Bertz CT molecular complexity index is 668. The number of fused-ring (bicyclic) bond motifs is 1. The van der Waals surface area contributed by atoms with Gasteiger partial charge in [-0.1, -0.05) is 0 Å². The molecule has 0 aliphatic rings. The minimum Gasteiger partial charge on any atom is -0.300 e. The van der Waals surface area contributed by atoms with Gasteiger partial charge in [0.15, 0.2) is 0 Å². The van der Waals surface area contributed by atoms with Crippen molar-refractivity contribution in [2.24, 2.45) is 0 Å². The predicted octanol–water partition coefficient (Wildman–Crippen LogP) is 3.45. The van der Waals surface area contributed by atoms with Crippen molar-refractivity contribution >= 4 is 5.65 Å². The molecule has 0 atom stereocenters. The van der Waals surface area contributed by atoms with E-state index in [0.717, 1.165) is 16.9 Å². The first kappa shape index (κ1) is 10.0. The summed E-state index contributed by atoms with van der Waals surface area (Å²) >= 11 is 0. The molecule has 0 spiro atoms. The molecular formula is C14H11FN2. The Balaban J connectivity index is 2.21. The van der Waals surface area contributed by atoms with E-state index >= 15 is 0 Å². The molecule has 17 heavy (non-hydrogen) atoms. The van der Waals surface area contributed by atoms with Crippen LogP contribution in [0.2, 0.25) is 0 Å². The maximum Gasteiger partial charge on any atom is 0.137 e. The Morgan fingerprint density at radius 3 is 2.65 bits per heavy atom. The fourth-order valence-electron chi connectivity index (χ4n) is 1.92. The normalized spacial score (nSPS) is 10.9. The highest BCUT2D eigenvalue weighted by Gasteiger charge is 2.05. The third-order valence-corrected chi connectivity index (χ3v) is 2.81. The molecule has 0 bridgehead atoms. The third-order valence-electron chi connectivity index (χ3n) is 2.81. The molecule has 0 aliphatic heterocycles. The topological polar surface area (TPSA) is 17.3 Å². The fourth-order valence-corrected chi connectivity index (χ4v) is 1.92. The van der Waals surface area contributed by atoms with Gasteiger partial charge in [0, 0.05) is 11.8 Å². The number of hydrogen-bond donors (Lipinski definition) is 0. The summed E-state index contributed by atoms with van der Waals surface area (Å²) in [5, 5.41) is 0. The Labute approximate surface area is 98.4 Å². The quantitative estimate of drug-likeness (QED) is 0.621. The molecule has 0 N–H and O–H groups in total. The van der Waals surface area contributed by atoms with Gasteiger partial charge in [0.05, 0.1) is 11.9 Å². The Morgan fingerprint density at radius 1 is 1.12 bits per heavy atom. The third kappa shape index (κ3) is 1.69. The van der Waals surface area contributed by atoms with Crippen LogP contribution in [0.4, 0.5) is 4.39 Å². The van der Waals surface area contributed by atoms with Crippen LogP contribution in [0.25, 0.3) is 16.9 Å². The Morgan fingerprint density at radius 2 is 1.88 bits per heavy atom. The summed E-state index contributed by atoms with van der Waals surface area (Å²) in [4.78, 5) is 4.35. The number of rotatable bonds is 1. The van der Waals surface area contributed by atoms with Crippen LogP contribution in [-0.4, -0.2) is 9.38 Å². The van der Waals surface area contributed by atoms with Crippen molar-refractivity contribution in [1.82, 2.24) is 9.38 Å². The van der Waals surface area contributed by atoms with Crippen LogP contribution in [0.1, 0.15) is 5.56 Å². The zero-order valence-electron chi connectivity index (χ0n) is 9.39. The first-order valence-electron chi connectivity index (χ1n) is 5.44. The second-order valence-electron chi connectivity index (χ2n) is 4.08. The molecule has 0 unspecified atom stereocenters.